The lowest BCUT2D eigenvalue weighted by atomic mass is 9.96. The second-order valence-corrected chi connectivity index (χ2v) is 6.89. The van der Waals surface area contributed by atoms with Crippen molar-refractivity contribution in [1.82, 2.24) is 15.0 Å². The van der Waals surface area contributed by atoms with Crippen molar-refractivity contribution in [3.63, 3.8) is 0 Å². The number of halogens is 3. The van der Waals surface area contributed by atoms with Crippen LogP contribution in [0.4, 0.5) is 30.2 Å². The Bertz CT molecular complexity index is 925. The Labute approximate surface area is 154 Å². The summed E-state index contributed by atoms with van der Waals surface area (Å²) in [5, 5.41) is 11.4. The van der Waals surface area contributed by atoms with E-state index in [1.165, 1.54) is 0 Å². The molecule has 5 nitrogen and oxygen atoms in total. The zero-order valence-electron chi connectivity index (χ0n) is 14.9. The Hall–Kier alpha value is -2.77. The number of aromatic nitrogens is 3. The van der Waals surface area contributed by atoms with Gasteiger partial charge < -0.3 is 10.2 Å². The Morgan fingerprint density at radius 1 is 1.00 bits per heavy atom. The standard InChI is InChI=1S/C19H20F3N5/c1-26-18-7-4-15(12-17(18)24-25-26)23-14-2-5-16(6-3-14)27-10-8-13(9-11-27)19(20,21)22/h2-7,12-13,23H,8-11H2,1H3. The van der Waals surface area contributed by atoms with Gasteiger partial charge in [0.25, 0.3) is 0 Å². The molecule has 1 N–H and O–H groups in total. The largest absolute Gasteiger partial charge is 0.391 e. The summed E-state index contributed by atoms with van der Waals surface area (Å²) in [7, 11) is 1.85. The van der Waals surface area contributed by atoms with Crippen molar-refractivity contribution in [1.29, 1.82) is 0 Å². The van der Waals surface area contributed by atoms with Crippen molar-refractivity contribution in [3.05, 3.63) is 42.5 Å². The minimum absolute atomic E-state index is 0.154. The number of alkyl halides is 3. The number of anilines is 3. The van der Waals surface area contributed by atoms with Crippen molar-refractivity contribution in [3.8, 4) is 0 Å². The lowest BCUT2D eigenvalue weighted by Crippen LogP contribution is -2.38. The lowest BCUT2D eigenvalue weighted by Gasteiger charge is -2.34. The first-order chi connectivity index (χ1) is 12.9. The van der Waals surface area contributed by atoms with Crippen LogP contribution in [0.2, 0.25) is 0 Å². The fourth-order valence-electron chi connectivity index (χ4n) is 3.51. The van der Waals surface area contributed by atoms with E-state index in [2.05, 4.69) is 15.6 Å². The third-order valence-electron chi connectivity index (χ3n) is 5.09. The molecule has 1 aliphatic heterocycles. The maximum Gasteiger partial charge on any atom is 0.391 e. The second-order valence-electron chi connectivity index (χ2n) is 6.89. The molecule has 1 saturated heterocycles. The number of nitrogens with one attached hydrogen (secondary N) is 1. The first-order valence-corrected chi connectivity index (χ1v) is 8.88. The average Bonchev–Trinajstić information content (AvgIpc) is 3.02. The Balaban J connectivity index is 1.41. The van der Waals surface area contributed by atoms with Gasteiger partial charge in [0, 0.05) is 37.2 Å². The molecule has 2 aromatic carbocycles. The number of fused-ring (bicyclic) bond motifs is 1. The van der Waals surface area contributed by atoms with Gasteiger partial charge in [-0.05, 0) is 55.3 Å². The van der Waals surface area contributed by atoms with Crippen molar-refractivity contribution in [2.45, 2.75) is 19.0 Å². The van der Waals surface area contributed by atoms with E-state index < -0.39 is 12.1 Å². The van der Waals surface area contributed by atoms with Gasteiger partial charge in [0.2, 0.25) is 0 Å². The molecular formula is C19H20F3N5. The predicted molar refractivity (Wildman–Crippen MR) is 99.2 cm³/mol. The smallest absolute Gasteiger partial charge is 0.372 e. The Kier molecular flexibility index (Phi) is 4.41. The summed E-state index contributed by atoms with van der Waals surface area (Å²) < 4.78 is 40.1. The molecule has 142 valence electrons. The highest BCUT2D eigenvalue weighted by Gasteiger charge is 2.41. The van der Waals surface area contributed by atoms with E-state index in [4.69, 9.17) is 0 Å². The average molecular weight is 375 g/mol. The van der Waals surface area contributed by atoms with E-state index in [0.717, 1.165) is 28.1 Å². The van der Waals surface area contributed by atoms with Crippen molar-refractivity contribution in [2.24, 2.45) is 13.0 Å². The second kappa shape index (κ2) is 6.75. The summed E-state index contributed by atoms with van der Waals surface area (Å²) >= 11 is 0. The van der Waals surface area contributed by atoms with Crippen LogP contribution in [0.25, 0.3) is 11.0 Å². The first-order valence-electron chi connectivity index (χ1n) is 8.88. The van der Waals surface area contributed by atoms with Gasteiger partial charge in [0.15, 0.2) is 0 Å². The van der Waals surface area contributed by atoms with Crippen LogP contribution in [0.15, 0.2) is 42.5 Å². The number of rotatable bonds is 3. The maximum absolute atomic E-state index is 12.8. The summed E-state index contributed by atoms with van der Waals surface area (Å²) in [4.78, 5) is 2.01. The molecule has 0 spiro atoms. The maximum atomic E-state index is 12.8. The topological polar surface area (TPSA) is 46.0 Å². The van der Waals surface area contributed by atoms with Crippen molar-refractivity contribution >= 4 is 28.1 Å². The van der Waals surface area contributed by atoms with Crippen LogP contribution in [-0.2, 0) is 7.05 Å². The molecule has 2 heterocycles. The highest BCUT2D eigenvalue weighted by Crippen LogP contribution is 2.35. The predicted octanol–water partition coefficient (Wildman–Crippen LogP) is 4.49. The highest BCUT2D eigenvalue weighted by atomic mass is 19.4. The molecule has 0 amide bonds. The van der Waals surface area contributed by atoms with Crippen LogP contribution < -0.4 is 10.2 Å². The molecule has 3 aromatic rings. The van der Waals surface area contributed by atoms with Crippen LogP contribution in [0, 0.1) is 5.92 Å². The van der Waals surface area contributed by atoms with Crippen LogP contribution in [0.5, 0.6) is 0 Å². The van der Waals surface area contributed by atoms with Gasteiger partial charge in [0.1, 0.15) is 5.52 Å². The molecule has 1 aromatic heterocycles. The molecule has 4 rings (SSSR count). The van der Waals surface area contributed by atoms with Gasteiger partial charge in [-0.25, -0.2) is 4.68 Å². The number of aryl methyl sites for hydroxylation is 1. The number of hydrogen-bond donors (Lipinski definition) is 1. The molecule has 0 aliphatic carbocycles. The first kappa shape index (κ1) is 17.6. The van der Waals surface area contributed by atoms with Gasteiger partial charge in [-0.15, -0.1) is 5.10 Å². The number of hydrogen-bond acceptors (Lipinski definition) is 4. The van der Waals surface area contributed by atoms with Gasteiger partial charge in [-0.1, -0.05) is 5.21 Å². The van der Waals surface area contributed by atoms with Crippen LogP contribution >= 0.6 is 0 Å². The van der Waals surface area contributed by atoms with Gasteiger partial charge in [-0.2, -0.15) is 13.2 Å². The van der Waals surface area contributed by atoms with Gasteiger partial charge in [-0.3, -0.25) is 0 Å². The zero-order chi connectivity index (χ0) is 19.0. The molecule has 0 radical (unpaired) electrons. The Morgan fingerprint density at radius 2 is 1.67 bits per heavy atom. The molecule has 1 aliphatic rings. The normalized spacial score (nSPS) is 16.1. The SMILES string of the molecule is Cn1nnc2cc(Nc3ccc(N4CCC(C(F)(F)F)CC4)cc3)ccc21. The van der Waals surface area contributed by atoms with Gasteiger partial charge >= 0.3 is 6.18 Å². The van der Waals surface area contributed by atoms with Crippen LogP contribution in [0.1, 0.15) is 12.8 Å². The molecule has 0 unspecified atom stereocenters. The van der Waals surface area contributed by atoms with E-state index in [-0.39, 0.29) is 12.8 Å². The summed E-state index contributed by atoms with van der Waals surface area (Å²) in [6, 6.07) is 13.6. The van der Waals surface area contributed by atoms with Crippen molar-refractivity contribution in [2.75, 3.05) is 23.3 Å². The van der Waals surface area contributed by atoms with Crippen molar-refractivity contribution < 1.29 is 13.2 Å². The summed E-state index contributed by atoms with van der Waals surface area (Å²) in [5.74, 6) is -1.18. The number of nitrogens with zero attached hydrogens (tertiary/aromatic N) is 4. The van der Waals surface area contributed by atoms with Gasteiger partial charge in [0.05, 0.1) is 11.4 Å². The summed E-state index contributed by atoms with van der Waals surface area (Å²) in [5.41, 5.74) is 4.53. The molecule has 27 heavy (non-hydrogen) atoms. The molecule has 0 bridgehead atoms. The molecule has 8 heteroatoms. The summed E-state index contributed by atoms with van der Waals surface area (Å²) in [6.45, 7) is 0.862. The monoisotopic (exact) mass is 375 g/mol. The molecule has 0 saturated carbocycles. The van der Waals surface area contributed by atoms with E-state index in [1.807, 2.05) is 54.4 Å². The summed E-state index contributed by atoms with van der Waals surface area (Å²) in [6.07, 6.45) is -3.77. The fraction of sp³-hybridized carbons (Fsp3) is 0.368. The van der Waals surface area contributed by atoms with E-state index in [0.29, 0.717) is 13.1 Å². The zero-order valence-corrected chi connectivity index (χ0v) is 14.9. The fourth-order valence-corrected chi connectivity index (χ4v) is 3.51. The molecule has 1 fully saturated rings. The third kappa shape index (κ3) is 3.70. The van der Waals surface area contributed by atoms with E-state index >= 15 is 0 Å². The Morgan fingerprint density at radius 3 is 2.33 bits per heavy atom. The highest BCUT2D eigenvalue weighted by molar-refractivity contribution is 5.80. The number of benzene rings is 2. The van der Waals surface area contributed by atoms with Crippen LogP contribution in [0.3, 0.4) is 0 Å². The van der Waals surface area contributed by atoms with E-state index in [1.54, 1.807) is 4.68 Å². The molecule has 0 atom stereocenters. The van der Waals surface area contributed by atoms with Crippen LogP contribution in [-0.4, -0.2) is 34.3 Å². The quantitative estimate of drug-likeness (QED) is 0.733. The number of piperidine rings is 1. The lowest BCUT2D eigenvalue weighted by molar-refractivity contribution is -0.179. The third-order valence-corrected chi connectivity index (χ3v) is 5.09. The van der Waals surface area contributed by atoms with E-state index in [9.17, 15) is 13.2 Å². The minimum atomic E-state index is -4.08. The molecular weight excluding hydrogens is 355 g/mol. The minimum Gasteiger partial charge on any atom is -0.372 e.